The molecule has 0 amide bonds. The van der Waals surface area contributed by atoms with Crippen molar-refractivity contribution >= 4 is 24.8 Å². The van der Waals surface area contributed by atoms with Crippen molar-refractivity contribution in [3.8, 4) is 0 Å². The van der Waals surface area contributed by atoms with Crippen LogP contribution in [0.1, 0.15) is 38.5 Å². The molecule has 0 aliphatic carbocycles. The molecule has 0 bridgehead atoms. The van der Waals surface area contributed by atoms with E-state index in [9.17, 15) is 5.11 Å². The zero-order valence-electron chi connectivity index (χ0n) is 11.5. The van der Waals surface area contributed by atoms with Gasteiger partial charge in [0.05, 0.1) is 6.10 Å². The summed E-state index contributed by atoms with van der Waals surface area (Å²) in [6, 6.07) is 1.25. The van der Waals surface area contributed by atoms with Crippen molar-refractivity contribution in [3.63, 3.8) is 0 Å². The molecule has 2 atom stereocenters. The highest BCUT2D eigenvalue weighted by molar-refractivity contribution is 5.85. The van der Waals surface area contributed by atoms with Gasteiger partial charge < -0.3 is 14.9 Å². The van der Waals surface area contributed by atoms with E-state index in [1.54, 1.807) is 0 Å². The maximum absolute atomic E-state index is 10.2. The van der Waals surface area contributed by atoms with Gasteiger partial charge in [-0.25, -0.2) is 0 Å². The van der Waals surface area contributed by atoms with Crippen LogP contribution in [0.3, 0.4) is 0 Å². The molecule has 2 rings (SSSR count). The van der Waals surface area contributed by atoms with E-state index in [1.165, 1.54) is 38.8 Å². The van der Waals surface area contributed by atoms with Crippen LogP contribution in [0.4, 0.5) is 0 Å². The average molecular weight is 299 g/mol. The molecule has 0 radical (unpaired) electrons. The van der Waals surface area contributed by atoms with Gasteiger partial charge in [0.25, 0.3) is 0 Å². The first-order chi connectivity index (χ1) is 7.66. The summed E-state index contributed by atoms with van der Waals surface area (Å²) in [7, 11) is 4.37. The summed E-state index contributed by atoms with van der Waals surface area (Å²) < 4.78 is 0. The summed E-state index contributed by atoms with van der Waals surface area (Å²) in [5.74, 6) is 0. The van der Waals surface area contributed by atoms with Crippen LogP contribution in [0, 0.1) is 0 Å². The highest BCUT2D eigenvalue weighted by atomic mass is 35.5. The molecule has 18 heavy (non-hydrogen) atoms. The number of halogens is 2. The Morgan fingerprint density at radius 2 is 1.33 bits per heavy atom. The van der Waals surface area contributed by atoms with E-state index >= 15 is 0 Å². The van der Waals surface area contributed by atoms with Gasteiger partial charge >= 0.3 is 0 Å². The number of nitrogens with zero attached hydrogens (tertiary/aromatic N) is 2. The van der Waals surface area contributed by atoms with Crippen LogP contribution in [0.2, 0.25) is 0 Å². The van der Waals surface area contributed by atoms with Crippen LogP contribution in [0.25, 0.3) is 0 Å². The Kier molecular flexibility index (Phi) is 8.81. The van der Waals surface area contributed by atoms with Crippen LogP contribution in [-0.2, 0) is 0 Å². The zero-order valence-corrected chi connectivity index (χ0v) is 13.2. The predicted molar refractivity (Wildman–Crippen MR) is 81.0 cm³/mol. The molecule has 0 aromatic heterocycles. The number of rotatable bonds is 4. The molecule has 2 unspecified atom stereocenters. The Morgan fingerprint density at radius 3 is 1.61 bits per heavy atom. The van der Waals surface area contributed by atoms with E-state index in [0.29, 0.717) is 12.1 Å². The Labute approximate surface area is 124 Å². The average Bonchev–Trinajstić information content (AvgIpc) is 2.79. The van der Waals surface area contributed by atoms with Crippen molar-refractivity contribution in [2.75, 3.05) is 27.2 Å². The fourth-order valence-electron chi connectivity index (χ4n) is 3.28. The second-order valence-corrected chi connectivity index (χ2v) is 5.68. The van der Waals surface area contributed by atoms with E-state index in [-0.39, 0.29) is 30.9 Å². The number of hydrogen-bond donors (Lipinski definition) is 1. The Hall–Kier alpha value is 0.460. The molecular weight excluding hydrogens is 271 g/mol. The van der Waals surface area contributed by atoms with Gasteiger partial charge in [0.1, 0.15) is 0 Å². The molecule has 110 valence electrons. The highest BCUT2D eigenvalue weighted by Crippen LogP contribution is 2.24. The third-order valence-electron chi connectivity index (χ3n) is 4.43. The fraction of sp³-hybridized carbons (Fsp3) is 1.00. The molecule has 0 spiro atoms. The van der Waals surface area contributed by atoms with Gasteiger partial charge in [-0.3, -0.25) is 0 Å². The lowest BCUT2D eigenvalue weighted by atomic mass is 10.00. The van der Waals surface area contributed by atoms with Crippen LogP contribution in [-0.4, -0.2) is 60.3 Å². The smallest absolute Gasteiger partial charge is 0.0570 e. The summed E-state index contributed by atoms with van der Waals surface area (Å²) in [5, 5.41) is 10.2. The van der Waals surface area contributed by atoms with Crippen molar-refractivity contribution in [2.45, 2.75) is 56.7 Å². The molecule has 2 aliphatic heterocycles. The summed E-state index contributed by atoms with van der Waals surface area (Å²) >= 11 is 0. The molecular formula is C13H28Cl2N2O. The molecule has 0 saturated carbocycles. The van der Waals surface area contributed by atoms with Crippen molar-refractivity contribution in [3.05, 3.63) is 0 Å². The highest BCUT2D eigenvalue weighted by Gasteiger charge is 2.27. The number of aliphatic hydroxyl groups excluding tert-OH is 1. The normalized spacial score (nSPS) is 30.8. The van der Waals surface area contributed by atoms with Crippen LogP contribution in [0.15, 0.2) is 0 Å². The standard InChI is InChI=1S/C13H26N2O.2ClH/c1-14-7-3-5-11(14)9-13(16)10-12-6-4-8-15(12)2;;/h11-13,16H,3-10H2,1-2H3;2*1H. The van der Waals surface area contributed by atoms with Crippen molar-refractivity contribution in [1.29, 1.82) is 0 Å². The largest absolute Gasteiger partial charge is 0.393 e. The van der Waals surface area contributed by atoms with E-state index in [4.69, 9.17) is 0 Å². The van der Waals surface area contributed by atoms with Gasteiger partial charge in [-0.15, -0.1) is 24.8 Å². The minimum atomic E-state index is -0.101. The summed E-state index contributed by atoms with van der Waals surface area (Å²) in [4.78, 5) is 4.81. The first-order valence-corrected chi connectivity index (χ1v) is 6.75. The monoisotopic (exact) mass is 298 g/mol. The molecule has 5 heteroatoms. The number of aliphatic hydroxyl groups is 1. The molecule has 0 aromatic carbocycles. The van der Waals surface area contributed by atoms with Gasteiger partial charge in [0.2, 0.25) is 0 Å². The minimum absolute atomic E-state index is 0. The van der Waals surface area contributed by atoms with Crippen molar-refractivity contribution < 1.29 is 5.11 Å². The van der Waals surface area contributed by atoms with E-state index in [2.05, 4.69) is 23.9 Å². The molecule has 2 heterocycles. The minimum Gasteiger partial charge on any atom is -0.393 e. The van der Waals surface area contributed by atoms with Crippen molar-refractivity contribution in [2.24, 2.45) is 0 Å². The topological polar surface area (TPSA) is 26.7 Å². The van der Waals surface area contributed by atoms with E-state index < -0.39 is 0 Å². The summed E-state index contributed by atoms with van der Waals surface area (Å²) in [5.41, 5.74) is 0. The fourth-order valence-corrected chi connectivity index (χ4v) is 3.28. The van der Waals surface area contributed by atoms with Crippen LogP contribution in [0.5, 0.6) is 0 Å². The van der Waals surface area contributed by atoms with Gasteiger partial charge in [-0.05, 0) is 65.7 Å². The third kappa shape index (κ3) is 4.86. The van der Waals surface area contributed by atoms with Crippen molar-refractivity contribution in [1.82, 2.24) is 9.80 Å². The zero-order chi connectivity index (χ0) is 11.5. The van der Waals surface area contributed by atoms with Crippen LogP contribution < -0.4 is 0 Å². The summed E-state index contributed by atoms with van der Waals surface area (Å²) in [6.45, 7) is 2.42. The second kappa shape index (κ2) is 8.60. The Morgan fingerprint density at radius 1 is 0.944 bits per heavy atom. The lowest BCUT2D eigenvalue weighted by Gasteiger charge is -2.26. The second-order valence-electron chi connectivity index (χ2n) is 5.68. The maximum atomic E-state index is 10.2. The molecule has 2 fully saturated rings. The lowest BCUT2D eigenvalue weighted by molar-refractivity contribution is 0.0961. The van der Waals surface area contributed by atoms with Gasteiger partial charge in [0, 0.05) is 12.1 Å². The number of hydrogen-bond acceptors (Lipinski definition) is 3. The van der Waals surface area contributed by atoms with Crippen LogP contribution >= 0.6 is 24.8 Å². The third-order valence-corrected chi connectivity index (χ3v) is 4.43. The van der Waals surface area contributed by atoms with Gasteiger partial charge in [0.15, 0.2) is 0 Å². The SMILES string of the molecule is CN1CCCC1CC(O)CC1CCCN1C.Cl.Cl. The van der Waals surface area contributed by atoms with E-state index in [1.807, 2.05) is 0 Å². The first-order valence-electron chi connectivity index (χ1n) is 6.75. The molecule has 0 aromatic rings. The lowest BCUT2D eigenvalue weighted by Crippen LogP contribution is -2.33. The Bertz CT molecular complexity index is 209. The molecule has 2 aliphatic rings. The first kappa shape index (κ1) is 18.5. The van der Waals surface area contributed by atoms with Gasteiger partial charge in [-0.2, -0.15) is 0 Å². The predicted octanol–water partition coefficient (Wildman–Crippen LogP) is 2.16. The molecule has 2 saturated heterocycles. The maximum Gasteiger partial charge on any atom is 0.0570 e. The number of likely N-dealkylation sites (tertiary alicyclic amines) is 2. The Balaban J connectivity index is 0.00000144. The quantitative estimate of drug-likeness (QED) is 0.862. The van der Waals surface area contributed by atoms with E-state index in [0.717, 1.165) is 12.8 Å². The molecule has 1 N–H and O–H groups in total. The molecule has 3 nitrogen and oxygen atoms in total. The summed E-state index contributed by atoms with van der Waals surface area (Å²) in [6.07, 6.45) is 6.99. The van der Waals surface area contributed by atoms with Gasteiger partial charge in [-0.1, -0.05) is 0 Å².